The van der Waals surface area contributed by atoms with Crippen LogP contribution in [0.15, 0.2) is 30.6 Å². The van der Waals surface area contributed by atoms with Crippen molar-refractivity contribution in [3.8, 4) is 17.0 Å². The number of benzene rings is 1. The van der Waals surface area contributed by atoms with Gasteiger partial charge in [0.15, 0.2) is 5.65 Å². The average molecular weight is 439 g/mol. The molecule has 170 valence electrons. The molecular formula is C23H30N6O3. The smallest absolute Gasteiger partial charge is 0.228 e. The number of amides is 1. The number of carbonyl (C=O) groups excluding carboxylic acids is 1. The van der Waals surface area contributed by atoms with Crippen LogP contribution in [-0.4, -0.2) is 65.4 Å². The fourth-order valence-electron chi connectivity index (χ4n) is 3.67. The van der Waals surface area contributed by atoms with E-state index in [4.69, 9.17) is 19.4 Å². The zero-order valence-electron chi connectivity index (χ0n) is 18.9. The molecule has 32 heavy (non-hydrogen) atoms. The van der Waals surface area contributed by atoms with Crippen LogP contribution in [0.5, 0.6) is 5.75 Å². The van der Waals surface area contributed by atoms with Gasteiger partial charge in [-0.3, -0.25) is 4.79 Å². The molecule has 1 amide bonds. The minimum Gasteiger partial charge on any atom is -0.494 e. The SMILES string of the molecule is CNC(=O)CCCOc1cccc(-c2nc(N3CCOCC3)nc3c2ncn3C(C)C)c1. The minimum absolute atomic E-state index is 0.0158. The van der Waals surface area contributed by atoms with Crippen LogP contribution in [0, 0.1) is 0 Å². The van der Waals surface area contributed by atoms with Gasteiger partial charge in [-0.05, 0) is 32.4 Å². The highest BCUT2D eigenvalue weighted by Gasteiger charge is 2.21. The van der Waals surface area contributed by atoms with Crippen LogP contribution in [0.1, 0.15) is 32.7 Å². The van der Waals surface area contributed by atoms with Crippen molar-refractivity contribution in [3.63, 3.8) is 0 Å². The van der Waals surface area contributed by atoms with Crippen LogP contribution in [0.3, 0.4) is 0 Å². The Morgan fingerprint density at radius 3 is 2.81 bits per heavy atom. The highest BCUT2D eigenvalue weighted by atomic mass is 16.5. The largest absolute Gasteiger partial charge is 0.494 e. The van der Waals surface area contributed by atoms with Gasteiger partial charge in [0.2, 0.25) is 11.9 Å². The van der Waals surface area contributed by atoms with Crippen molar-refractivity contribution in [3.05, 3.63) is 30.6 Å². The lowest BCUT2D eigenvalue weighted by atomic mass is 10.1. The summed E-state index contributed by atoms with van der Waals surface area (Å²) >= 11 is 0. The number of nitrogens with one attached hydrogen (secondary N) is 1. The molecule has 4 rings (SSSR count). The standard InChI is InChI=1S/C23H30N6O3/c1-16(2)29-15-25-21-20(26-23(27-22(21)29)28-9-12-31-13-10-28)17-6-4-7-18(14-17)32-11-5-8-19(30)24-3/h4,6-7,14-16H,5,8-13H2,1-3H3,(H,24,30). The lowest BCUT2D eigenvalue weighted by molar-refractivity contribution is -0.120. The molecule has 3 aromatic rings. The summed E-state index contributed by atoms with van der Waals surface area (Å²) in [6.07, 6.45) is 2.93. The van der Waals surface area contributed by atoms with E-state index in [1.807, 2.05) is 30.6 Å². The van der Waals surface area contributed by atoms with E-state index in [0.29, 0.717) is 38.6 Å². The number of nitrogens with zero attached hydrogens (tertiary/aromatic N) is 5. The number of ether oxygens (including phenoxy) is 2. The summed E-state index contributed by atoms with van der Waals surface area (Å²) in [5.74, 6) is 1.44. The van der Waals surface area contributed by atoms with Crippen LogP contribution in [0.25, 0.3) is 22.4 Å². The molecule has 3 heterocycles. The topological polar surface area (TPSA) is 94.4 Å². The molecular weight excluding hydrogens is 408 g/mol. The average Bonchev–Trinajstić information content (AvgIpc) is 3.26. The van der Waals surface area contributed by atoms with Crippen molar-refractivity contribution in [2.75, 3.05) is 44.9 Å². The van der Waals surface area contributed by atoms with Crippen LogP contribution >= 0.6 is 0 Å². The van der Waals surface area contributed by atoms with Gasteiger partial charge >= 0.3 is 0 Å². The molecule has 9 heteroatoms. The van der Waals surface area contributed by atoms with Crippen LogP contribution < -0.4 is 15.0 Å². The van der Waals surface area contributed by atoms with E-state index in [1.54, 1.807) is 7.05 Å². The maximum absolute atomic E-state index is 11.4. The molecule has 2 aromatic heterocycles. The number of carbonyl (C=O) groups is 1. The van der Waals surface area contributed by atoms with Crippen molar-refractivity contribution >= 4 is 23.0 Å². The Kier molecular flexibility index (Phi) is 6.84. The summed E-state index contributed by atoms with van der Waals surface area (Å²) in [4.78, 5) is 28.0. The van der Waals surface area contributed by atoms with Crippen LogP contribution in [0.2, 0.25) is 0 Å². The fourth-order valence-corrected chi connectivity index (χ4v) is 3.67. The number of morpholine rings is 1. The van der Waals surface area contributed by atoms with E-state index in [2.05, 4.69) is 33.6 Å². The molecule has 1 aliphatic heterocycles. The summed E-state index contributed by atoms with van der Waals surface area (Å²) in [5, 5.41) is 2.62. The van der Waals surface area contributed by atoms with Crippen LogP contribution in [-0.2, 0) is 9.53 Å². The van der Waals surface area contributed by atoms with Gasteiger partial charge in [0.25, 0.3) is 0 Å². The van der Waals surface area contributed by atoms with Crippen molar-refractivity contribution in [2.24, 2.45) is 0 Å². The third-order valence-electron chi connectivity index (χ3n) is 5.46. The molecule has 0 unspecified atom stereocenters. The minimum atomic E-state index is 0.0158. The quantitative estimate of drug-likeness (QED) is 0.541. The van der Waals surface area contributed by atoms with Gasteiger partial charge in [-0.15, -0.1) is 0 Å². The molecule has 1 aromatic carbocycles. The second-order valence-corrected chi connectivity index (χ2v) is 8.04. The zero-order chi connectivity index (χ0) is 22.5. The Morgan fingerprint density at radius 1 is 1.25 bits per heavy atom. The molecule has 1 aliphatic rings. The molecule has 1 saturated heterocycles. The molecule has 1 fully saturated rings. The summed E-state index contributed by atoms with van der Waals surface area (Å²) in [6, 6.07) is 8.08. The molecule has 1 N–H and O–H groups in total. The van der Waals surface area contributed by atoms with Crippen LogP contribution in [0.4, 0.5) is 5.95 Å². The Morgan fingerprint density at radius 2 is 2.06 bits per heavy atom. The van der Waals surface area contributed by atoms with E-state index >= 15 is 0 Å². The second kappa shape index (κ2) is 9.95. The van der Waals surface area contributed by atoms with Gasteiger partial charge in [0.05, 0.1) is 26.1 Å². The Hall–Kier alpha value is -3.20. The van der Waals surface area contributed by atoms with Crippen molar-refractivity contribution in [1.82, 2.24) is 24.8 Å². The summed E-state index contributed by atoms with van der Waals surface area (Å²) in [5.41, 5.74) is 3.30. The molecule has 0 saturated carbocycles. The fraction of sp³-hybridized carbons (Fsp3) is 0.478. The predicted molar refractivity (Wildman–Crippen MR) is 123 cm³/mol. The maximum Gasteiger partial charge on any atom is 0.228 e. The lowest BCUT2D eigenvalue weighted by Gasteiger charge is -2.27. The number of aromatic nitrogens is 4. The third kappa shape index (κ3) is 4.83. The first-order valence-electron chi connectivity index (χ1n) is 11.1. The number of hydrogen-bond acceptors (Lipinski definition) is 7. The first-order chi connectivity index (χ1) is 15.6. The van der Waals surface area contributed by atoms with E-state index in [1.165, 1.54) is 0 Å². The predicted octanol–water partition coefficient (Wildman–Crippen LogP) is 2.82. The van der Waals surface area contributed by atoms with E-state index in [-0.39, 0.29) is 11.9 Å². The highest BCUT2D eigenvalue weighted by Crippen LogP contribution is 2.31. The summed E-state index contributed by atoms with van der Waals surface area (Å²) in [6.45, 7) is 7.55. The van der Waals surface area contributed by atoms with Gasteiger partial charge in [-0.1, -0.05) is 12.1 Å². The number of anilines is 1. The molecule has 0 bridgehead atoms. The van der Waals surface area contributed by atoms with E-state index in [9.17, 15) is 4.79 Å². The number of rotatable bonds is 8. The van der Waals surface area contributed by atoms with Crippen molar-refractivity contribution in [1.29, 1.82) is 0 Å². The zero-order valence-corrected chi connectivity index (χ0v) is 18.9. The van der Waals surface area contributed by atoms with E-state index < -0.39 is 0 Å². The van der Waals surface area contributed by atoms with Gasteiger partial charge in [0.1, 0.15) is 17.0 Å². The number of fused-ring (bicyclic) bond motifs is 1. The maximum atomic E-state index is 11.4. The molecule has 0 radical (unpaired) electrons. The van der Waals surface area contributed by atoms with E-state index in [0.717, 1.165) is 41.3 Å². The normalized spacial score (nSPS) is 14.2. The van der Waals surface area contributed by atoms with Crippen molar-refractivity contribution < 1.29 is 14.3 Å². The Bertz CT molecular complexity index is 1070. The molecule has 0 atom stereocenters. The van der Waals surface area contributed by atoms with Gasteiger partial charge in [0, 0.05) is 38.2 Å². The Balaban J connectivity index is 1.66. The molecule has 0 aliphatic carbocycles. The lowest BCUT2D eigenvalue weighted by Crippen LogP contribution is -2.37. The Labute approximate surface area is 187 Å². The van der Waals surface area contributed by atoms with Gasteiger partial charge < -0.3 is 24.3 Å². The first-order valence-corrected chi connectivity index (χ1v) is 11.1. The molecule has 9 nitrogen and oxygen atoms in total. The summed E-state index contributed by atoms with van der Waals surface area (Å²) in [7, 11) is 1.64. The first kappa shape index (κ1) is 22.0. The second-order valence-electron chi connectivity index (χ2n) is 8.04. The monoisotopic (exact) mass is 438 g/mol. The molecule has 0 spiro atoms. The van der Waals surface area contributed by atoms with Gasteiger partial charge in [-0.25, -0.2) is 9.97 Å². The number of imidazole rings is 1. The van der Waals surface area contributed by atoms with Gasteiger partial charge in [-0.2, -0.15) is 4.98 Å². The van der Waals surface area contributed by atoms with Crippen molar-refractivity contribution in [2.45, 2.75) is 32.7 Å². The third-order valence-corrected chi connectivity index (χ3v) is 5.46. The highest BCUT2D eigenvalue weighted by molar-refractivity contribution is 5.88. The summed E-state index contributed by atoms with van der Waals surface area (Å²) < 4.78 is 13.5. The number of hydrogen-bond donors (Lipinski definition) is 1.